The number of hydrogen-bond donors (Lipinski definition) is 0. The molecular formula is C14H11BrF3NO. The molecule has 2 nitrogen and oxygen atoms in total. The normalized spacial score (nSPS) is 11.4. The molecule has 20 heavy (non-hydrogen) atoms. The summed E-state index contributed by atoms with van der Waals surface area (Å²) in [6.07, 6.45) is -3.63. The van der Waals surface area contributed by atoms with E-state index >= 15 is 0 Å². The molecule has 0 unspecified atom stereocenters. The average Bonchev–Trinajstić information content (AvgIpc) is 2.38. The minimum Gasteiger partial charge on any atom is -0.439 e. The van der Waals surface area contributed by atoms with Gasteiger partial charge in [-0.05, 0) is 36.2 Å². The van der Waals surface area contributed by atoms with Crippen LogP contribution >= 0.6 is 15.9 Å². The third-order valence-electron chi connectivity index (χ3n) is 2.74. The molecule has 0 aliphatic heterocycles. The molecule has 0 bridgehead atoms. The number of rotatable bonds is 3. The Morgan fingerprint density at radius 1 is 1.20 bits per heavy atom. The van der Waals surface area contributed by atoms with Crippen molar-refractivity contribution in [3.63, 3.8) is 0 Å². The molecule has 0 aliphatic rings. The van der Waals surface area contributed by atoms with Crippen LogP contribution in [0.25, 0.3) is 0 Å². The number of ether oxygens (including phenoxy) is 1. The van der Waals surface area contributed by atoms with Crippen molar-refractivity contribution in [2.45, 2.75) is 18.4 Å². The Kier molecular flexibility index (Phi) is 4.32. The molecule has 0 fully saturated rings. The zero-order chi connectivity index (χ0) is 14.8. The van der Waals surface area contributed by atoms with Crippen molar-refractivity contribution in [3.05, 3.63) is 53.2 Å². The maximum Gasteiger partial charge on any atom is 0.417 e. The van der Waals surface area contributed by atoms with E-state index in [0.717, 1.165) is 28.7 Å². The lowest BCUT2D eigenvalue weighted by molar-refractivity contribution is -0.137. The highest BCUT2D eigenvalue weighted by Gasteiger charge is 2.30. The largest absolute Gasteiger partial charge is 0.439 e. The quantitative estimate of drug-likeness (QED) is 0.722. The molecule has 0 saturated heterocycles. The van der Waals surface area contributed by atoms with Crippen LogP contribution < -0.4 is 4.74 Å². The summed E-state index contributed by atoms with van der Waals surface area (Å²) in [5.41, 5.74) is 1.36. The first-order chi connectivity index (χ1) is 9.40. The molecule has 0 aliphatic carbocycles. The van der Waals surface area contributed by atoms with Gasteiger partial charge in [0.25, 0.3) is 0 Å². The van der Waals surface area contributed by atoms with Gasteiger partial charge in [0.2, 0.25) is 5.88 Å². The van der Waals surface area contributed by atoms with Gasteiger partial charge in [-0.25, -0.2) is 4.98 Å². The van der Waals surface area contributed by atoms with Crippen molar-refractivity contribution in [2.24, 2.45) is 0 Å². The van der Waals surface area contributed by atoms with Crippen LogP contribution in [0.5, 0.6) is 11.6 Å². The average molecular weight is 346 g/mol. The number of alkyl halides is 4. The molecule has 0 saturated carbocycles. The van der Waals surface area contributed by atoms with E-state index in [4.69, 9.17) is 4.74 Å². The molecule has 2 aromatic rings. The van der Waals surface area contributed by atoms with Crippen molar-refractivity contribution in [3.8, 4) is 11.6 Å². The van der Waals surface area contributed by atoms with E-state index < -0.39 is 11.7 Å². The van der Waals surface area contributed by atoms with Crippen LogP contribution in [0.3, 0.4) is 0 Å². The Bertz CT molecular complexity index is 596. The van der Waals surface area contributed by atoms with E-state index in [1.807, 2.05) is 19.1 Å². The van der Waals surface area contributed by atoms with Crippen LogP contribution in [0.2, 0.25) is 0 Å². The maximum atomic E-state index is 12.4. The summed E-state index contributed by atoms with van der Waals surface area (Å²) < 4.78 is 42.6. The summed E-state index contributed by atoms with van der Waals surface area (Å²) in [5.74, 6) is 0.670. The first-order valence-corrected chi connectivity index (χ1v) is 6.89. The van der Waals surface area contributed by atoms with Gasteiger partial charge in [0.1, 0.15) is 5.75 Å². The van der Waals surface area contributed by atoms with E-state index in [1.165, 1.54) is 6.07 Å². The lowest BCUT2D eigenvalue weighted by atomic mass is 10.1. The fourth-order valence-electron chi connectivity index (χ4n) is 1.61. The molecule has 0 radical (unpaired) electrons. The maximum absolute atomic E-state index is 12.4. The third kappa shape index (κ3) is 3.50. The second-order valence-corrected chi connectivity index (χ2v) is 4.77. The topological polar surface area (TPSA) is 22.1 Å². The highest BCUT2D eigenvalue weighted by atomic mass is 79.9. The van der Waals surface area contributed by atoms with Crippen LogP contribution in [-0.4, -0.2) is 4.98 Å². The van der Waals surface area contributed by atoms with Gasteiger partial charge in [0, 0.05) is 17.6 Å². The van der Waals surface area contributed by atoms with Gasteiger partial charge < -0.3 is 4.74 Å². The smallest absolute Gasteiger partial charge is 0.417 e. The number of pyridine rings is 1. The molecule has 0 spiro atoms. The zero-order valence-electron chi connectivity index (χ0n) is 10.5. The minimum atomic E-state index is -4.39. The van der Waals surface area contributed by atoms with E-state index in [1.54, 1.807) is 6.07 Å². The van der Waals surface area contributed by atoms with Crippen molar-refractivity contribution < 1.29 is 17.9 Å². The second kappa shape index (κ2) is 5.83. The van der Waals surface area contributed by atoms with Crippen molar-refractivity contribution >= 4 is 15.9 Å². The first-order valence-electron chi connectivity index (χ1n) is 5.77. The Balaban J connectivity index is 2.16. The Morgan fingerprint density at radius 3 is 2.45 bits per heavy atom. The molecule has 0 atom stereocenters. The predicted molar refractivity (Wildman–Crippen MR) is 73.1 cm³/mol. The van der Waals surface area contributed by atoms with E-state index in [0.29, 0.717) is 5.75 Å². The third-order valence-corrected chi connectivity index (χ3v) is 3.35. The number of aromatic nitrogens is 1. The van der Waals surface area contributed by atoms with Gasteiger partial charge in [-0.3, -0.25) is 0 Å². The molecule has 0 amide bonds. The zero-order valence-corrected chi connectivity index (χ0v) is 12.1. The molecule has 1 aromatic carbocycles. The lowest BCUT2D eigenvalue weighted by Crippen LogP contribution is -2.05. The minimum absolute atomic E-state index is 0.129. The molecule has 2 rings (SSSR count). The summed E-state index contributed by atoms with van der Waals surface area (Å²) in [6, 6.07) is 7.61. The fourth-order valence-corrected chi connectivity index (χ4v) is 2.24. The van der Waals surface area contributed by atoms with Gasteiger partial charge in [-0.1, -0.05) is 22.0 Å². The molecule has 106 valence electrons. The summed E-state index contributed by atoms with van der Waals surface area (Å²) in [6.45, 7) is 1.93. The van der Waals surface area contributed by atoms with Crippen molar-refractivity contribution in [1.29, 1.82) is 0 Å². The van der Waals surface area contributed by atoms with E-state index in [2.05, 4.69) is 20.9 Å². The van der Waals surface area contributed by atoms with Crippen LogP contribution in [-0.2, 0) is 11.5 Å². The highest BCUT2D eigenvalue weighted by Crippen LogP contribution is 2.30. The monoisotopic (exact) mass is 345 g/mol. The van der Waals surface area contributed by atoms with Gasteiger partial charge in [-0.15, -0.1) is 0 Å². The highest BCUT2D eigenvalue weighted by molar-refractivity contribution is 9.08. The number of halogens is 4. The van der Waals surface area contributed by atoms with Gasteiger partial charge >= 0.3 is 6.18 Å². The number of aryl methyl sites for hydroxylation is 1. The molecule has 1 heterocycles. The Hall–Kier alpha value is -1.56. The summed E-state index contributed by atoms with van der Waals surface area (Å²) in [4.78, 5) is 3.66. The van der Waals surface area contributed by atoms with E-state index in [-0.39, 0.29) is 5.88 Å². The van der Waals surface area contributed by atoms with E-state index in [9.17, 15) is 13.2 Å². The first kappa shape index (κ1) is 14.8. The summed E-state index contributed by atoms with van der Waals surface area (Å²) >= 11 is 3.37. The van der Waals surface area contributed by atoms with Gasteiger partial charge in [0.15, 0.2) is 0 Å². The molecular weight excluding hydrogens is 335 g/mol. The van der Waals surface area contributed by atoms with Crippen LogP contribution in [0.15, 0.2) is 36.5 Å². The number of benzene rings is 1. The van der Waals surface area contributed by atoms with Gasteiger partial charge in [-0.2, -0.15) is 13.2 Å². The molecule has 6 heteroatoms. The van der Waals surface area contributed by atoms with Gasteiger partial charge in [0.05, 0.1) is 5.56 Å². The van der Waals surface area contributed by atoms with Crippen LogP contribution in [0.4, 0.5) is 13.2 Å². The Labute approximate surface area is 122 Å². The standard InChI is InChI=1S/C14H11BrF3NO/c1-9-6-12(4-2-10(9)7-15)20-13-5-3-11(8-19-13)14(16,17)18/h2-6,8H,7H2,1H3. The summed E-state index contributed by atoms with van der Waals surface area (Å²) in [5, 5.41) is 0.734. The Morgan fingerprint density at radius 2 is 1.95 bits per heavy atom. The fraction of sp³-hybridized carbons (Fsp3) is 0.214. The predicted octanol–water partition coefficient (Wildman–Crippen LogP) is 5.10. The van der Waals surface area contributed by atoms with Crippen molar-refractivity contribution in [2.75, 3.05) is 0 Å². The lowest BCUT2D eigenvalue weighted by Gasteiger charge is -2.09. The van der Waals surface area contributed by atoms with Crippen molar-refractivity contribution in [1.82, 2.24) is 4.98 Å². The SMILES string of the molecule is Cc1cc(Oc2ccc(C(F)(F)F)cn2)ccc1CBr. The molecule has 1 aromatic heterocycles. The second-order valence-electron chi connectivity index (χ2n) is 4.21. The van der Waals surface area contributed by atoms with Crippen LogP contribution in [0.1, 0.15) is 16.7 Å². The molecule has 0 N–H and O–H groups in total. The summed E-state index contributed by atoms with van der Waals surface area (Å²) in [7, 11) is 0. The van der Waals surface area contributed by atoms with Crippen LogP contribution in [0, 0.1) is 6.92 Å². The number of nitrogens with zero attached hydrogens (tertiary/aromatic N) is 1. The number of hydrogen-bond acceptors (Lipinski definition) is 2.